The van der Waals surface area contributed by atoms with Crippen molar-refractivity contribution in [1.29, 1.82) is 0 Å². The van der Waals surface area contributed by atoms with Gasteiger partial charge in [0.05, 0.1) is 0 Å². The molecule has 1 atom stereocenters. The van der Waals surface area contributed by atoms with Gasteiger partial charge >= 0.3 is 5.97 Å². The van der Waals surface area contributed by atoms with Gasteiger partial charge in [0, 0.05) is 42.0 Å². The van der Waals surface area contributed by atoms with E-state index in [1.54, 1.807) is 12.1 Å². The van der Waals surface area contributed by atoms with Crippen LogP contribution in [0, 0.1) is 0 Å². The van der Waals surface area contributed by atoms with Gasteiger partial charge in [0.2, 0.25) is 0 Å². The van der Waals surface area contributed by atoms with Crippen molar-refractivity contribution in [3.05, 3.63) is 34.9 Å². The number of benzene rings is 1. The lowest BCUT2D eigenvalue weighted by Crippen LogP contribution is -2.36. The average molecular weight is 309 g/mol. The zero-order valence-electron chi connectivity index (χ0n) is 12.4. The number of likely N-dealkylation sites (tertiary alicyclic amines) is 1. The Balaban J connectivity index is 2.21. The van der Waals surface area contributed by atoms with Crippen LogP contribution in [0.1, 0.15) is 18.4 Å². The predicted molar refractivity (Wildman–Crippen MR) is 87.0 cm³/mol. The minimum Gasteiger partial charge on any atom is -0.478 e. The van der Waals surface area contributed by atoms with Crippen molar-refractivity contribution in [3.63, 3.8) is 0 Å². The highest BCUT2D eigenvalue weighted by atomic mass is 35.5. The summed E-state index contributed by atoms with van der Waals surface area (Å²) >= 11 is 6.22. The summed E-state index contributed by atoms with van der Waals surface area (Å²) in [6, 6.07) is 6.18. The Kier molecular flexibility index (Phi) is 5.26. The molecule has 1 N–H and O–H groups in total. The molecular weight excluding hydrogens is 288 g/mol. The second kappa shape index (κ2) is 6.96. The molecule has 0 aliphatic carbocycles. The average Bonchev–Trinajstić information content (AvgIpc) is 2.82. The normalized spacial score (nSPS) is 19.3. The second-order valence-corrected chi connectivity index (χ2v) is 5.91. The van der Waals surface area contributed by atoms with Gasteiger partial charge in [-0.2, -0.15) is 0 Å². The third kappa shape index (κ3) is 3.99. The zero-order valence-corrected chi connectivity index (χ0v) is 13.2. The fourth-order valence-electron chi connectivity index (χ4n) is 2.80. The molecule has 1 aliphatic rings. The van der Waals surface area contributed by atoms with Crippen LogP contribution in [0.4, 0.5) is 5.69 Å². The Morgan fingerprint density at radius 1 is 1.57 bits per heavy atom. The summed E-state index contributed by atoms with van der Waals surface area (Å²) in [5, 5.41) is 9.38. The fourth-order valence-corrected chi connectivity index (χ4v) is 3.04. The van der Waals surface area contributed by atoms with E-state index in [0.717, 1.165) is 30.4 Å². The highest BCUT2D eigenvalue weighted by Gasteiger charge is 2.23. The summed E-state index contributed by atoms with van der Waals surface area (Å²) in [5.74, 6) is -0.973. The molecule has 1 aromatic rings. The van der Waals surface area contributed by atoms with E-state index < -0.39 is 5.97 Å². The number of anilines is 1. The van der Waals surface area contributed by atoms with Crippen LogP contribution in [0.15, 0.2) is 24.3 Å². The number of hydrogen-bond acceptors (Lipinski definition) is 3. The molecule has 2 rings (SSSR count). The molecule has 4 nitrogen and oxygen atoms in total. The number of halogens is 1. The van der Waals surface area contributed by atoms with Gasteiger partial charge in [-0.25, -0.2) is 4.79 Å². The van der Waals surface area contributed by atoms with Gasteiger partial charge in [0.25, 0.3) is 0 Å². The Labute approximate surface area is 130 Å². The SMILES string of the molecule is CN(CC1CCCN1C)c1cccc(Cl)c1C=CC(=O)O. The van der Waals surface area contributed by atoms with Gasteiger partial charge in [-0.05, 0) is 44.6 Å². The molecule has 5 heteroatoms. The van der Waals surface area contributed by atoms with E-state index in [9.17, 15) is 4.79 Å². The topological polar surface area (TPSA) is 43.8 Å². The van der Waals surface area contributed by atoms with Gasteiger partial charge in [-0.1, -0.05) is 17.7 Å². The molecule has 0 saturated carbocycles. The van der Waals surface area contributed by atoms with Crippen LogP contribution in [-0.2, 0) is 4.79 Å². The van der Waals surface area contributed by atoms with E-state index in [1.165, 1.54) is 12.8 Å². The van der Waals surface area contributed by atoms with E-state index in [1.807, 2.05) is 19.2 Å². The molecule has 1 saturated heterocycles. The molecule has 1 aliphatic heterocycles. The second-order valence-electron chi connectivity index (χ2n) is 5.50. The Morgan fingerprint density at radius 2 is 2.33 bits per heavy atom. The van der Waals surface area contributed by atoms with Crippen molar-refractivity contribution in [3.8, 4) is 0 Å². The standard InChI is InChI=1S/C16H21ClN2O2/c1-18-10-4-5-12(18)11-19(2)15-7-3-6-14(17)13(15)8-9-16(20)21/h3,6-9,12H,4-5,10-11H2,1-2H3,(H,20,21). The number of carboxylic acids is 1. The summed E-state index contributed by atoms with van der Waals surface area (Å²) in [7, 11) is 4.17. The molecule has 0 amide bonds. The fraction of sp³-hybridized carbons (Fsp3) is 0.438. The summed E-state index contributed by atoms with van der Waals surface area (Å²) in [6.07, 6.45) is 5.12. The Bertz CT molecular complexity index is 545. The molecule has 1 aromatic carbocycles. The van der Waals surface area contributed by atoms with Crippen LogP contribution in [0.25, 0.3) is 6.08 Å². The maximum Gasteiger partial charge on any atom is 0.328 e. The maximum absolute atomic E-state index is 10.7. The number of aliphatic carboxylic acids is 1. The quantitative estimate of drug-likeness (QED) is 0.849. The molecule has 0 radical (unpaired) electrons. The smallest absolute Gasteiger partial charge is 0.328 e. The van der Waals surface area contributed by atoms with Gasteiger partial charge in [-0.15, -0.1) is 0 Å². The third-order valence-corrected chi connectivity index (χ3v) is 4.32. The van der Waals surface area contributed by atoms with Crippen molar-refractivity contribution in [2.24, 2.45) is 0 Å². The first kappa shape index (κ1) is 15.9. The minimum atomic E-state index is -0.973. The van der Waals surface area contributed by atoms with Crippen molar-refractivity contribution < 1.29 is 9.90 Å². The van der Waals surface area contributed by atoms with Gasteiger partial charge in [-0.3, -0.25) is 0 Å². The maximum atomic E-state index is 10.7. The number of hydrogen-bond donors (Lipinski definition) is 1. The molecule has 0 aromatic heterocycles. The van der Waals surface area contributed by atoms with Crippen molar-refractivity contribution in [1.82, 2.24) is 4.90 Å². The third-order valence-electron chi connectivity index (χ3n) is 3.99. The molecule has 1 heterocycles. The highest BCUT2D eigenvalue weighted by molar-refractivity contribution is 6.32. The molecule has 1 unspecified atom stereocenters. The molecule has 0 spiro atoms. The number of rotatable bonds is 5. The first-order chi connectivity index (χ1) is 9.99. The van der Waals surface area contributed by atoms with Crippen LogP contribution < -0.4 is 4.90 Å². The van der Waals surface area contributed by atoms with E-state index in [2.05, 4.69) is 16.8 Å². The van der Waals surface area contributed by atoms with E-state index in [4.69, 9.17) is 16.7 Å². The van der Waals surface area contributed by atoms with Gasteiger partial charge in [0.15, 0.2) is 0 Å². The zero-order chi connectivity index (χ0) is 15.4. The van der Waals surface area contributed by atoms with Gasteiger partial charge < -0.3 is 14.9 Å². The minimum absolute atomic E-state index is 0.533. The van der Waals surface area contributed by atoms with Crippen LogP contribution in [-0.4, -0.2) is 49.2 Å². The lowest BCUT2D eigenvalue weighted by molar-refractivity contribution is -0.131. The summed E-state index contributed by atoms with van der Waals surface area (Å²) < 4.78 is 0. The Morgan fingerprint density at radius 3 is 2.95 bits per heavy atom. The molecule has 21 heavy (non-hydrogen) atoms. The van der Waals surface area contributed by atoms with Crippen molar-refractivity contribution in [2.75, 3.05) is 32.1 Å². The van der Waals surface area contributed by atoms with E-state index in [-0.39, 0.29) is 0 Å². The Hall–Kier alpha value is -1.52. The molecule has 114 valence electrons. The number of nitrogens with zero attached hydrogens (tertiary/aromatic N) is 2. The predicted octanol–water partition coefficient (Wildman–Crippen LogP) is 2.97. The molecular formula is C16H21ClN2O2. The van der Waals surface area contributed by atoms with Crippen molar-refractivity contribution >= 4 is 29.3 Å². The van der Waals surface area contributed by atoms with Crippen molar-refractivity contribution in [2.45, 2.75) is 18.9 Å². The van der Waals surface area contributed by atoms with Crippen LogP contribution in [0.3, 0.4) is 0 Å². The lowest BCUT2D eigenvalue weighted by Gasteiger charge is -2.28. The highest BCUT2D eigenvalue weighted by Crippen LogP contribution is 2.29. The number of likely N-dealkylation sites (N-methyl/N-ethyl adjacent to an activating group) is 2. The van der Waals surface area contributed by atoms with Gasteiger partial charge in [0.1, 0.15) is 0 Å². The van der Waals surface area contributed by atoms with E-state index in [0.29, 0.717) is 11.1 Å². The van der Waals surface area contributed by atoms with Crippen LogP contribution in [0.5, 0.6) is 0 Å². The summed E-state index contributed by atoms with van der Waals surface area (Å²) in [6.45, 7) is 2.05. The molecule has 0 bridgehead atoms. The summed E-state index contributed by atoms with van der Waals surface area (Å²) in [5.41, 5.74) is 1.71. The lowest BCUT2D eigenvalue weighted by atomic mass is 10.1. The first-order valence-corrected chi connectivity index (χ1v) is 7.47. The van der Waals surface area contributed by atoms with Crippen LogP contribution >= 0.6 is 11.6 Å². The summed E-state index contributed by atoms with van der Waals surface area (Å²) in [4.78, 5) is 15.3. The molecule has 1 fully saturated rings. The number of carboxylic acid groups (broad SMARTS) is 1. The van der Waals surface area contributed by atoms with E-state index >= 15 is 0 Å². The number of carbonyl (C=O) groups is 1. The first-order valence-electron chi connectivity index (χ1n) is 7.10. The van der Waals surface area contributed by atoms with Crippen LogP contribution in [0.2, 0.25) is 5.02 Å². The monoisotopic (exact) mass is 308 g/mol. The largest absolute Gasteiger partial charge is 0.478 e.